The maximum atomic E-state index is 9.82. The monoisotopic (exact) mass is 354 g/mol. The summed E-state index contributed by atoms with van der Waals surface area (Å²) in [4.78, 5) is 8.25. The number of aromatic nitrogens is 1. The van der Waals surface area contributed by atoms with Gasteiger partial charge in [-0.2, -0.15) is 0 Å². The Hall–Kier alpha value is -1.20. The van der Waals surface area contributed by atoms with E-state index in [-0.39, 0.29) is 5.75 Å². The van der Waals surface area contributed by atoms with Gasteiger partial charge in [0.2, 0.25) is 0 Å². The largest absolute Gasteiger partial charge is 0.506 e. The van der Waals surface area contributed by atoms with E-state index in [4.69, 9.17) is 0 Å². The Labute approximate surface area is 115 Å². The van der Waals surface area contributed by atoms with Crippen LogP contribution in [0.25, 0.3) is 0 Å². The summed E-state index contributed by atoms with van der Waals surface area (Å²) in [6.07, 6.45) is 3.25. The number of aromatic hydroxyl groups is 1. The van der Waals surface area contributed by atoms with Crippen molar-refractivity contribution in [2.45, 2.75) is 0 Å². The number of halogens is 2. The molecule has 0 amide bonds. The van der Waals surface area contributed by atoms with Gasteiger partial charge in [0.05, 0.1) is 4.47 Å². The third-order valence-corrected chi connectivity index (χ3v) is 3.11. The highest BCUT2D eigenvalue weighted by atomic mass is 79.9. The van der Waals surface area contributed by atoms with E-state index >= 15 is 0 Å². The highest BCUT2D eigenvalue weighted by Gasteiger charge is 2.05. The fourth-order valence-corrected chi connectivity index (χ4v) is 2.51. The van der Waals surface area contributed by atoms with Crippen LogP contribution in [0.3, 0.4) is 0 Å². The van der Waals surface area contributed by atoms with Crippen molar-refractivity contribution in [3.05, 3.63) is 51.0 Å². The third kappa shape index (κ3) is 3.14. The Kier molecular flexibility index (Phi) is 3.91. The van der Waals surface area contributed by atoms with Gasteiger partial charge in [-0.05, 0) is 40.2 Å². The molecule has 0 aliphatic heterocycles. The summed E-state index contributed by atoms with van der Waals surface area (Å²) in [6.45, 7) is 0. The van der Waals surface area contributed by atoms with E-state index in [1.165, 1.54) is 0 Å². The highest BCUT2D eigenvalue weighted by molar-refractivity contribution is 9.11. The van der Waals surface area contributed by atoms with Crippen LogP contribution in [0, 0.1) is 0 Å². The SMILES string of the molecule is Oc1c(Br)cc(Br)cc1C=Nc1ccccn1. The van der Waals surface area contributed by atoms with Crippen molar-refractivity contribution < 1.29 is 5.11 Å². The number of phenolic OH excluding ortho intramolecular Hbond substituents is 1. The second-order valence-corrected chi connectivity index (χ2v) is 5.04. The summed E-state index contributed by atoms with van der Waals surface area (Å²) >= 11 is 6.62. The molecule has 0 spiro atoms. The predicted octanol–water partition coefficient (Wildman–Crippen LogP) is 4.06. The first-order valence-electron chi connectivity index (χ1n) is 4.80. The van der Waals surface area contributed by atoms with Crippen LogP contribution in [0.2, 0.25) is 0 Å². The van der Waals surface area contributed by atoms with Crippen LogP contribution >= 0.6 is 31.9 Å². The molecule has 0 saturated carbocycles. The van der Waals surface area contributed by atoms with E-state index < -0.39 is 0 Å². The molecular formula is C12H8Br2N2O. The van der Waals surface area contributed by atoms with Crippen molar-refractivity contribution in [3.63, 3.8) is 0 Å². The van der Waals surface area contributed by atoms with Crippen LogP contribution in [0.1, 0.15) is 5.56 Å². The average Bonchev–Trinajstić information content (AvgIpc) is 2.33. The number of hydrogen-bond donors (Lipinski definition) is 1. The van der Waals surface area contributed by atoms with Crippen molar-refractivity contribution in [1.29, 1.82) is 0 Å². The second-order valence-electron chi connectivity index (χ2n) is 3.27. The minimum Gasteiger partial charge on any atom is -0.506 e. The molecule has 3 nitrogen and oxygen atoms in total. The van der Waals surface area contributed by atoms with Gasteiger partial charge in [-0.15, -0.1) is 0 Å². The summed E-state index contributed by atoms with van der Waals surface area (Å²) in [5.74, 6) is 0.760. The van der Waals surface area contributed by atoms with Crippen LogP contribution < -0.4 is 0 Å². The molecule has 1 heterocycles. The van der Waals surface area contributed by atoms with E-state index in [0.717, 1.165) is 4.47 Å². The first-order chi connectivity index (χ1) is 8.16. The van der Waals surface area contributed by atoms with Gasteiger partial charge in [-0.25, -0.2) is 9.98 Å². The fraction of sp³-hybridized carbons (Fsp3) is 0. The first-order valence-corrected chi connectivity index (χ1v) is 6.38. The molecule has 0 aliphatic rings. The molecule has 0 aliphatic carbocycles. The quantitative estimate of drug-likeness (QED) is 0.825. The number of benzene rings is 1. The minimum atomic E-state index is 0.160. The van der Waals surface area contributed by atoms with Crippen LogP contribution in [0.15, 0.2) is 50.5 Å². The number of aliphatic imine (C=N–C) groups is 1. The topological polar surface area (TPSA) is 45.5 Å². The molecule has 0 fully saturated rings. The zero-order valence-electron chi connectivity index (χ0n) is 8.64. The molecule has 86 valence electrons. The highest BCUT2D eigenvalue weighted by Crippen LogP contribution is 2.30. The van der Waals surface area contributed by atoms with E-state index in [2.05, 4.69) is 41.8 Å². The summed E-state index contributed by atoms with van der Waals surface area (Å²) in [5, 5.41) is 9.82. The van der Waals surface area contributed by atoms with Gasteiger partial charge in [-0.3, -0.25) is 0 Å². The van der Waals surface area contributed by atoms with Crippen molar-refractivity contribution >= 4 is 43.9 Å². The van der Waals surface area contributed by atoms with Gasteiger partial charge in [0.25, 0.3) is 0 Å². The van der Waals surface area contributed by atoms with Crippen molar-refractivity contribution in [3.8, 4) is 5.75 Å². The summed E-state index contributed by atoms with van der Waals surface area (Å²) in [5.41, 5.74) is 0.622. The predicted molar refractivity (Wildman–Crippen MR) is 75.0 cm³/mol. The Bertz CT molecular complexity index is 556. The number of hydrogen-bond acceptors (Lipinski definition) is 3. The average molecular weight is 356 g/mol. The van der Waals surface area contributed by atoms with Crippen LogP contribution in [-0.4, -0.2) is 16.3 Å². The van der Waals surface area contributed by atoms with E-state index in [9.17, 15) is 5.11 Å². The lowest BCUT2D eigenvalue weighted by atomic mass is 10.2. The van der Waals surface area contributed by atoms with Gasteiger partial charge >= 0.3 is 0 Å². The molecule has 5 heteroatoms. The van der Waals surface area contributed by atoms with Crippen LogP contribution in [-0.2, 0) is 0 Å². The van der Waals surface area contributed by atoms with Crippen LogP contribution in [0.5, 0.6) is 5.75 Å². The van der Waals surface area contributed by atoms with Gasteiger partial charge in [-0.1, -0.05) is 22.0 Å². The lowest BCUT2D eigenvalue weighted by Gasteiger charge is -2.02. The Morgan fingerprint density at radius 3 is 2.76 bits per heavy atom. The molecule has 1 N–H and O–H groups in total. The molecule has 0 radical (unpaired) electrons. The number of rotatable bonds is 2. The minimum absolute atomic E-state index is 0.160. The smallest absolute Gasteiger partial charge is 0.151 e. The fourth-order valence-electron chi connectivity index (χ4n) is 1.25. The molecule has 0 saturated heterocycles. The van der Waals surface area contributed by atoms with Crippen molar-refractivity contribution in [2.75, 3.05) is 0 Å². The molecule has 2 aromatic rings. The number of nitrogens with zero attached hydrogens (tertiary/aromatic N) is 2. The summed E-state index contributed by atoms with van der Waals surface area (Å²) in [6, 6.07) is 9.03. The number of pyridine rings is 1. The summed E-state index contributed by atoms with van der Waals surface area (Å²) in [7, 11) is 0. The second kappa shape index (κ2) is 5.42. The zero-order valence-corrected chi connectivity index (χ0v) is 11.8. The molecule has 0 unspecified atom stereocenters. The Morgan fingerprint density at radius 1 is 1.24 bits per heavy atom. The van der Waals surface area contributed by atoms with Gasteiger partial charge in [0.1, 0.15) is 5.75 Å². The van der Waals surface area contributed by atoms with E-state index in [0.29, 0.717) is 15.9 Å². The molecule has 0 bridgehead atoms. The number of phenols is 1. The van der Waals surface area contributed by atoms with Crippen LogP contribution in [0.4, 0.5) is 5.82 Å². The maximum Gasteiger partial charge on any atom is 0.151 e. The standard InChI is InChI=1S/C12H8Br2N2O/c13-9-5-8(12(17)10(14)6-9)7-16-11-3-1-2-4-15-11/h1-7,17H. The molecular weight excluding hydrogens is 348 g/mol. The van der Waals surface area contributed by atoms with E-state index in [1.54, 1.807) is 30.6 Å². The van der Waals surface area contributed by atoms with Gasteiger partial charge in [0.15, 0.2) is 5.82 Å². The molecule has 17 heavy (non-hydrogen) atoms. The van der Waals surface area contributed by atoms with Crippen molar-refractivity contribution in [1.82, 2.24) is 4.98 Å². The molecule has 1 aromatic heterocycles. The Balaban J connectivity index is 2.33. The normalized spacial score (nSPS) is 10.9. The molecule has 2 rings (SSSR count). The Morgan fingerprint density at radius 2 is 2.06 bits per heavy atom. The maximum absolute atomic E-state index is 9.82. The van der Waals surface area contributed by atoms with Gasteiger partial charge < -0.3 is 5.11 Å². The van der Waals surface area contributed by atoms with Crippen molar-refractivity contribution in [2.24, 2.45) is 4.99 Å². The van der Waals surface area contributed by atoms with E-state index in [1.807, 2.05) is 12.1 Å². The third-order valence-electron chi connectivity index (χ3n) is 2.04. The first kappa shape index (κ1) is 12.3. The zero-order chi connectivity index (χ0) is 12.3. The van der Waals surface area contributed by atoms with Gasteiger partial charge in [0, 0.05) is 22.4 Å². The lowest BCUT2D eigenvalue weighted by Crippen LogP contribution is -1.84. The molecule has 0 atom stereocenters. The molecule has 1 aromatic carbocycles. The summed E-state index contributed by atoms with van der Waals surface area (Å²) < 4.78 is 1.49. The lowest BCUT2D eigenvalue weighted by molar-refractivity contribution is 0.471.